The summed E-state index contributed by atoms with van der Waals surface area (Å²) in [7, 11) is 0. The number of aromatic nitrogens is 2. The molecule has 19 heavy (non-hydrogen) atoms. The lowest BCUT2D eigenvalue weighted by atomic mass is 10.3. The van der Waals surface area contributed by atoms with E-state index in [1.165, 1.54) is 12.1 Å². The first-order valence-corrected chi connectivity index (χ1v) is 5.58. The third-order valence-corrected chi connectivity index (χ3v) is 2.38. The Morgan fingerprint density at radius 3 is 2.63 bits per heavy atom. The van der Waals surface area contributed by atoms with Crippen LogP contribution in [0.2, 0.25) is 0 Å². The van der Waals surface area contributed by atoms with Crippen molar-refractivity contribution in [1.29, 1.82) is 0 Å². The molecule has 1 aromatic carbocycles. The number of rotatable bonds is 3. The van der Waals surface area contributed by atoms with E-state index in [4.69, 9.17) is 10.5 Å². The minimum Gasteiger partial charge on any atom is -0.477 e. The van der Waals surface area contributed by atoms with Gasteiger partial charge in [-0.15, -0.1) is 5.10 Å². The van der Waals surface area contributed by atoms with E-state index in [-0.39, 0.29) is 18.2 Å². The van der Waals surface area contributed by atoms with E-state index in [2.05, 4.69) is 5.10 Å². The lowest BCUT2D eigenvalue weighted by Gasteiger charge is -2.10. The second-order valence-electron chi connectivity index (χ2n) is 3.81. The lowest BCUT2D eigenvalue weighted by Crippen LogP contribution is -2.13. The largest absolute Gasteiger partial charge is 0.477 e. The number of hydrogen-bond acceptors (Lipinski definition) is 3. The molecule has 2 N–H and O–H groups in total. The van der Waals surface area contributed by atoms with Crippen LogP contribution in [0.5, 0.6) is 5.88 Å². The van der Waals surface area contributed by atoms with Crippen molar-refractivity contribution in [3.8, 4) is 11.6 Å². The second-order valence-corrected chi connectivity index (χ2v) is 3.81. The summed E-state index contributed by atoms with van der Waals surface area (Å²) < 4.78 is 44.6. The van der Waals surface area contributed by atoms with Crippen LogP contribution in [0.1, 0.15) is 12.6 Å². The van der Waals surface area contributed by atoms with Crippen LogP contribution in [0, 0.1) is 0 Å². The molecule has 0 spiro atoms. The first kappa shape index (κ1) is 13.3. The SMILES string of the molecule is CCOc1cc(C(F)(F)F)n(-c2cccc(N)c2)n1. The van der Waals surface area contributed by atoms with Crippen molar-refractivity contribution < 1.29 is 17.9 Å². The summed E-state index contributed by atoms with van der Waals surface area (Å²) >= 11 is 0. The van der Waals surface area contributed by atoms with Gasteiger partial charge in [0.05, 0.1) is 12.3 Å². The molecule has 2 aromatic rings. The van der Waals surface area contributed by atoms with Crippen molar-refractivity contribution in [3.63, 3.8) is 0 Å². The molecule has 0 saturated carbocycles. The molecule has 0 bridgehead atoms. The average molecular weight is 271 g/mol. The maximum Gasteiger partial charge on any atom is 0.433 e. The molecular formula is C12H12F3N3O. The van der Waals surface area contributed by atoms with Crippen molar-refractivity contribution in [2.75, 3.05) is 12.3 Å². The normalized spacial score (nSPS) is 11.6. The first-order valence-electron chi connectivity index (χ1n) is 5.58. The molecular weight excluding hydrogens is 259 g/mol. The van der Waals surface area contributed by atoms with Crippen molar-refractivity contribution in [2.45, 2.75) is 13.1 Å². The van der Waals surface area contributed by atoms with Gasteiger partial charge in [-0.25, -0.2) is 4.68 Å². The van der Waals surface area contributed by atoms with Gasteiger partial charge in [0.1, 0.15) is 0 Å². The van der Waals surface area contributed by atoms with E-state index in [0.717, 1.165) is 10.7 Å². The number of nitrogen functional groups attached to an aromatic ring is 1. The summed E-state index contributed by atoms with van der Waals surface area (Å²) in [4.78, 5) is 0. The molecule has 4 nitrogen and oxygen atoms in total. The van der Waals surface area contributed by atoms with E-state index in [0.29, 0.717) is 5.69 Å². The molecule has 0 atom stereocenters. The number of hydrogen-bond donors (Lipinski definition) is 1. The molecule has 2 rings (SSSR count). The first-order chi connectivity index (χ1) is 8.91. The highest BCUT2D eigenvalue weighted by molar-refractivity contribution is 5.48. The maximum absolute atomic E-state index is 12.9. The van der Waals surface area contributed by atoms with Gasteiger partial charge >= 0.3 is 6.18 Å². The number of nitrogens with two attached hydrogens (primary N) is 1. The van der Waals surface area contributed by atoms with Gasteiger partial charge in [-0.2, -0.15) is 13.2 Å². The van der Waals surface area contributed by atoms with Crippen LogP contribution in [-0.4, -0.2) is 16.4 Å². The second kappa shape index (κ2) is 4.83. The summed E-state index contributed by atoms with van der Waals surface area (Å²) in [5.74, 6) is -0.0720. The predicted octanol–water partition coefficient (Wildman–Crippen LogP) is 2.87. The average Bonchev–Trinajstić information content (AvgIpc) is 2.73. The molecule has 0 radical (unpaired) electrons. The van der Waals surface area contributed by atoms with Gasteiger partial charge in [0, 0.05) is 11.8 Å². The Kier molecular flexibility index (Phi) is 3.37. The Bertz CT molecular complexity index is 578. The van der Waals surface area contributed by atoms with Crippen LogP contribution in [0.3, 0.4) is 0 Å². The molecule has 1 heterocycles. The summed E-state index contributed by atoms with van der Waals surface area (Å²) in [6.45, 7) is 1.91. The fourth-order valence-corrected chi connectivity index (χ4v) is 1.63. The highest BCUT2D eigenvalue weighted by atomic mass is 19.4. The Labute approximate surface area is 107 Å². The van der Waals surface area contributed by atoms with Crippen LogP contribution in [0.25, 0.3) is 5.69 Å². The minimum atomic E-state index is -4.52. The number of alkyl halides is 3. The van der Waals surface area contributed by atoms with Gasteiger partial charge in [-0.3, -0.25) is 0 Å². The van der Waals surface area contributed by atoms with Gasteiger partial charge in [0.2, 0.25) is 5.88 Å². The molecule has 0 fully saturated rings. The van der Waals surface area contributed by atoms with E-state index in [1.54, 1.807) is 19.1 Å². The van der Waals surface area contributed by atoms with E-state index < -0.39 is 11.9 Å². The van der Waals surface area contributed by atoms with Gasteiger partial charge < -0.3 is 10.5 Å². The summed E-state index contributed by atoms with van der Waals surface area (Å²) in [6.07, 6.45) is -4.52. The van der Waals surface area contributed by atoms with E-state index in [1.807, 2.05) is 0 Å². The quantitative estimate of drug-likeness (QED) is 0.873. The van der Waals surface area contributed by atoms with Crippen LogP contribution < -0.4 is 10.5 Å². The Balaban J connectivity index is 2.54. The Morgan fingerprint density at radius 1 is 1.32 bits per heavy atom. The molecule has 0 amide bonds. The van der Waals surface area contributed by atoms with Gasteiger partial charge in [0.15, 0.2) is 5.69 Å². The maximum atomic E-state index is 12.9. The van der Waals surface area contributed by atoms with E-state index >= 15 is 0 Å². The Hall–Kier alpha value is -2.18. The zero-order chi connectivity index (χ0) is 14.0. The predicted molar refractivity (Wildman–Crippen MR) is 64.1 cm³/mol. The standard InChI is InChI=1S/C12H12F3N3O/c1-2-19-11-7-10(12(13,14)15)18(17-11)9-5-3-4-8(16)6-9/h3-7H,2,16H2,1H3. The van der Waals surface area contributed by atoms with Crippen molar-refractivity contribution >= 4 is 5.69 Å². The smallest absolute Gasteiger partial charge is 0.433 e. The zero-order valence-electron chi connectivity index (χ0n) is 10.1. The Morgan fingerprint density at radius 2 is 2.05 bits per heavy atom. The number of benzene rings is 1. The fourth-order valence-electron chi connectivity index (χ4n) is 1.63. The van der Waals surface area contributed by atoms with Crippen molar-refractivity contribution in [3.05, 3.63) is 36.0 Å². The molecule has 0 aliphatic carbocycles. The number of halogens is 3. The molecule has 0 saturated heterocycles. The topological polar surface area (TPSA) is 53.1 Å². The van der Waals surface area contributed by atoms with Crippen LogP contribution in [0.15, 0.2) is 30.3 Å². The third-order valence-electron chi connectivity index (χ3n) is 2.38. The van der Waals surface area contributed by atoms with Gasteiger partial charge in [-0.1, -0.05) is 6.07 Å². The summed E-state index contributed by atoms with van der Waals surface area (Å²) in [5, 5.41) is 3.80. The molecule has 0 unspecified atom stereocenters. The van der Waals surface area contributed by atoms with Crippen molar-refractivity contribution in [2.24, 2.45) is 0 Å². The number of anilines is 1. The zero-order valence-corrected chi connectivity index (χ0v) is 10.1. The van der Waals surface area contributed by atoms with E-state index in [9.17, 15) is 13.2 Å². The highest BCUT2D eigenvalue weighted by Crippen LogP contribution is 2.33. The molecule has 7 heteroatoms. The highest BCUT2D eigenvalue weighted by Gasteiger charge is 2.36. The van der Waals surface area contributed by atoms with Crippen LogP contribution >= 0.6 is 0 Å². The monoisotopic (exact) mass is 271 g/mol. The van der Waals surface area contributed by atoms with Crippen LogP contribution in [-0.2, 0) is 6.18 Å². The summed E-state index contributed by atoms with van der Waals surface area (Å²) in [6, 6.07) is 6.93. The molecule has 0 aliphatic rings. The van der Waals surface area contributed by atoms with Crippen molar-refractivity contribution in [1.82, 2.24) is 9.78 Å². The summed E-state index contributed by atoms with van der Waals surface area (Å²) in [5.41, 5.74) is 5.26. The molecule has 102 valence electrons. The molecule has 0 aliphatic heterocycles. The number of nitrogens with zero attached hydrogens (tertiary/aromatic N) is 2. The van der Waals surface area contributed by atoms with Gasteiger partial charge in [-0.05, 0) is 25.1 Å². The minimum absolute atomic E-state index is 0.0720. The lowest BCUT2D eigenvalue weighted by molar-refractivity contribution is -0.142. The fraction of sp³-hybridized carbons (Fsp3) is 0.250. The van der Waals surface area contributed by atoms with Gasteiger partial charge in [0.25, 0.3) is 0 Å². The molecule has 1 aromatic heterocycles. The number of ether oxygens (including phenoxy) is 1. The van der Waals surface area contributed by atoms with Crippen LogP contribution in [0.4, 0.5) is 18.9 Å². The third kappa shape index (κ3) is 2.81.